The third-order valence-electron chi connectivity index (χ3n) is 5.02. The molecule has 1 aromatic heterocycles. The van der Waals surface area contributed by atoms with Gasteiger partial charge in [-0.3, -0.25) is 19.7 Å². The molecule has 0 bridgehead atoms. The number of hydrazone groups is 1. The maximum Gasteiger partial charge on any atom is 0.282 e. The van der Waals surface area contributed by atoms with Crippen LogP contribution in [0, 0.1) is 10.1 Å². The molecule has 8 heteroatoms. The number of carbonyl (C=O) groups excluding carboxylic acids is 2. The monoisotopic (exact) mass is 411 g/mol. The first-order chi connectivity index (χ1) is 15.0. The Morgan fingerprint density at radius 1 is 0.903 bits per heavy atom. The van der Waals surface area contributed by atoms with E-state index >= 15 is 0 Å². The van der Waals surface area contributed by atoms with E-state index in [9.17, 15) is 19.7 Å². The van der Waals surface area contributed by atoms with Crippen molar-refractivity contribution in [2.24, 2.45) is 5.10 Å². The molecule has 0 unspecified atom stereocenters. The Morgan fingerprint density at radius 3 is 2.26 bits per heavy atom. The van der Waals surface area contributed by atoms with Crippen molar-refractivity contribution >= 4 is 34.5 Å². The fourth-order valence-electron chi connectivity index (χ4n) is 3.59. The van der Waals surface area contributed by atoms with E-state index in [1.54, 1.807) is 48.5 Å². The van der Waals surface area contributed by atoms with Crippen LogP contribution in [0.2, 0.25) is 0 Å². The number of carbonyl (C=O) groups is 2. The fourth-order valence-corrected chi connectivity index (χ4v) is 3.59. The molecule has 8 nitrogen and oxygen atoms in total. The first-order valence-corrected chi connectivity index (χ1v) is 9.32. The van der Waals surface area contributed by atoms with Gasteiger partial charge in [0.15, 0.2) is 0 Å². The molecule has 31 heavy (non-hydrogen) atoms. The molecular weight excluding hydrogens is 398 g/mol. The summed E-state index contributed by atoms with van der Waals surface area (Å²) < 4.78 is 5.67. The highest BCUT2D eigenvalue weighted by Gasteiger charge is 2.32. The zero-order chi connectivity index (χ0) is 21.5. The lowest BCUT2D eigenvalue weighted by atomic mass is 9.95. The van der Waals surface area contributed by atoms with E-state index in [1.807, 2.05) is 12.1 Å². The van der Waals surface area contributed by atoms with Gasteiger partial charge >= 0.3 is 0 Å². The Bertz CT molecular complexity index is 1370. The van der Waals surface area contributed by atoms with Gasteiger partial charge in [0, 0.05) is 23.1 Å². The first-order valence-electron chi connectivity index (χ1n) is 9.32. The molecule has 3 aromatic carbocycles. The Labute approximate surface area is 175 Å². The van der Waals surface area contributed by atoms with Crippen LogP contribution < -0.4 is 0 Å². The summed E-state index contributed by atoms with van der Waals surface area (Å²) >= 11 is 0. The third-order valence-corrected chi connectivity index (χ3v) is 5.02. The highest BCUT2D eigenvalue weighted by molar-refractivity contribution is 6.25. The summed E-state index contributed by atoms with van der Waals surface area (Å²) in [4.78, 5) is 36.2. The van der Waals surface area contributed by atoms with Crippen molar-refractivity contribution in [3.63, 3.8) is 0 Å². The number of non-ortho nitro benzene ring substituents is 1. The molecule has 0 radical (unpaired) electrons. The minimum Gasteiger partial charge on any atom is -0.455 e. The molecule has 150 valence electrons. The maximum absolute atomic E-state index is 12.9. The summed E-state index contributed by atoms with van der Waals surface area (Å²) in [5, 5.41) is 17.3. The van der Waals surface area contributed by atoms with Crippen molar-refractivity contribution in [3.8, 4) is 11.3 Å². The van der Waals surface area contributed by atoms with Crippen LogP contribution in [0.4, 0.5) is 5.69 Å². The quantitative estimate of drug-likeness (QED) is 0.210. The number of hydrogen-bond acceptors (Lipinski definition) is 6. The number of nitrogens with zero attached hydrogens (tertiary/aromatic N) is 3. The van der Waals surface area contributed by atoms with E-state index in [-0.39, 0.29) is 5.69 Å². The van der Waals surface area contributed by atoms with Crippen molar-refractivity contribution in [1.82, 2.24) is 5.01 Å². The van der Waals surface area contributed by atoms with Crippen LogP contribution in [0.25, 0.3) is 22.1 Å². The molecule has 2 heterocycles. The van der Waals surface area contributed by atoms with Crippen LogP contribution in [0.15, 0.2) is 82.3 Å². The normalized spacial score (nSPS) is 13.4. The molecular formula is C23H13N3O5. The number of nitro benzene ring substituents is 1. The van der Waals surface area contributed by atoms with Gasteiger partial charge in [-0.2, -0.15) is 10.1 Å². The minimum atomic E-state index is -0.518. The van der Waals surface area contributed by atoms with Gasteiger partial charge in [-0.25, -0.2) is 0 Å². The highest BCUT2D eigenvalue weighted by atomic mass is 16.6. The third kappa shape index (κ3) is 3.06. The summed E-state index contributed by atoms with van der Waals surface area (Å²) in [6, 6.07) is 19.8. The Kier molecular flexibility index (Phi) is 4.18. The summed E-state index contributed by atoms with van der Waals surface area (Å²) in [6.45, 7) is 0. The van der Waals surface area contributed by atoms with Crippen molar-refractivity contribution in [3.05, 3.63) is 99.8 Å². The largest absolute Gasteiger partial charge is 0.455 e. The van der Waals surface area contributed by atoms with Gasteiger partial charge in [0.05, 0.1) is 22.3 Å². The SMILES string of the molecule is O=C1c2cccc3cccc(c23)C(=O)N1/N=C\c1ccc(-c2cccc([N+](=O)[O-])c2)o1. The van der Waals surface area contributed by atoms with Gasteiger partial charge < -0.3 is 4.42 Å². The molecule has 0 fully saturated rings. The molecule has 1 aliphatic rings. The summed E-state index contributed by atoms with van der Waals surface area (Å²) in [6.07, 6.45) is 1.27. The van der Waals surface area contributed by atoms with Gasteiger partial charge in [-0.1, -0.05) is 36.4 Å². The molecule has 2 amide bonds. The van der Waals surface area contributed by atoms with Gasteiger partial charge in [0.25, 0.3) is 17.5 Å². The van der Waals surface area contributed by atoms with Crippen molar-refractivity contribution < 1.29 is 18.9 Å². The first kappa shape index (κ1) is 18.4. The summed E-state index contributed by atoms with van der Waals surface area (Å²) in [5.41, 5.74) is 1.28. The standard InChI is InChI=1S/C23H13N3O5/c27-22-18-8-2-4-14-5-3-9-19(21(14)18)23(28)25(22)24-13-17-10-11-20(31-17)15-6-1-7-16(12-15)26(29)30/h1-13H/b24-13-. The van der Waals surface area contributed by atoms with Crippen LogP contribution >= 0.6 is 0 Å². The van der Waals surface area contributed by atoms with E-state index in [0.29, 0.717) is 33.6 Å². The summed E-state index contributed by atoms with van der Waals surface area (Å²) in [7, 11) is 0. The zero-order valence-corrected chi connectivity index (χ0v) is 15.9. The van der Waals surface area contributed by atoms with E-state index in [1.165, 1.54) is 18.3 Å². The molecule has 0 spiro atoms. The van der Waals surface area contributed by atoms with Crippen molar-refractivity contribution in [2.45, 2.75) is 0 Å². The minimum absolute atomic E-state index is 0.0542. The molecule has 0 saturated heterocycles. The lowest BCUT2D eigenvalue weighted by Gasteiger charge is -2.22. The summed E-state index contributed by atoms with van der Waals surface area (Å²) in [5.74, 6) is -0.345. The van der Waals surface area contributed by atoms with E-state index in [4.69, 9.17) is 4.42 Å². The predicted molar refractivity (Wildman–Crippen MR) is 113 cm³/mol. The van der Waals surface area contributed by atoms with Gasteiger partial charge in [-0.05, 0) is 29.7 Å². The van der Waals surface area contributed by atoms with Gasteiger partial charge in [-0.15, -0.1) is 0 Å². The topological polar surface area (TPSA) is 106 Å². The predicted octanol–water partition coefficient (Wildman–Crippen LogP) is 4.64. The average molecular weight is 411 g/mol. The molecule has 4 aromatic rings. The second-order valence-corrected chi connectivity index (χ2v) is 6.89. The van der Waals surface area contributed by atoms with E-state index < -0.39 is 16.7 Å². The van der Waals surface area contributed by atoms with Crippen LogP contribution in [-0.2, 0) is 0 Å². The zero-order valence-electron chi connectivity index (χ0n) is 15.9. The lowest BCUT2D eigenvalue weighted by molar-refractivity contribution is -0.384. The Hall–Kier alpha value is -4.59. The van der Waals surface area contributed by atoms with E-state index in [0.717, 1.165) is 10.4 Å². The number of benzene rings is 3. The number of imide groups is 1. The van der Waals surface area contributed by atoms with Gasteiger partial charge in [0.2, 0.25) is 0 Å². The Morgan fingerprint density at radius 2 is 1.58 bits per heavy atom. The molecule has 5 rings (SSSR count). The molecule has 0 aliphatic carbocycles. The Balaban J connectivity index is 1.45. The maximum atomic E-state index is 12.9. The van der Waals surface area contributed by atoms with Crippen LogP contribution in [0.1, 0.15) is 26.5 Å². The second-order valence-electron chi connectivity index (χ2n) is 6.89. The van der Waals surface area contributed by atoms with Crippen LogP contribution in [0.5, 0.6) is 0 Å². The second kappa shape index (κ2) is 7.03. The smallest absolute Gasteiger partial charge is 0.282 e. The van der Waals surface area contributed by atoms with Crippen LogP contribution in [0.3, 0.4) is 0 Å². The van der Waals surface area contributed by atoms with E-state index in [2.05, 4.69) is 5.10 Å². The molecule has 0 atom stereocenters. The van der Waals surface area contributed by atoms with Gasteiger partial charge in [0.1, 0.15) is 11.5 Å². The number of rotatable bonds is 4. The number of amides is 2. The highest BCUT2D eigenvalue weighted by Crippen LogP contribution is 2.30. The van der Waals surface area contributed by atoms with Crippen LogP contribution in [-0.4, -0.2) is 28.0 Å². The average Bonchev–Trinajstić information content (AvgIpc) is 3.26. The molecule has 1 aliphatic heterocycles. The number of furan rings is 1. The fraction of sp³-hybridized carbons (Fsp3) is 0. The van der Waals surface area contributed by atoms with Crippen molar-refractivity contribution in [1.29, 1.82) is 0 Å². The number of nitro groups is 1. The number of hydrogen-bond donors (Lipinski definition) is 0. The molecule has 0 saturated carbocycles. The van der Waals surface area contributed by atoms with Crippen molar-refractivity contribution in [2.75, 3.05) is 0 Å². The lowest BCUT2D eigenvalue weighted by Crippen LogP contribution is -2.36. The molecule has 0 N–H and O–H groups in total.